The highest BCUT2D eigenvalue weighted by molar-refractivity contribution is 5.76. The lowest BCUT2D eigenvalue weighted by Gasteiger charge is -2.14. The first-order valence-electron chi connectivity index (χ1n) is 5.80. The van der Waals surface area contributed by atoms with Crippen LogP contribution in [-0.4, -0.2) is 22.2 Å². The molecule has 2 heterocycles. The molecular weight excluding hydrogens is 248 g/mol. The van der Waals surface area contributed by atoms with Crippen LogP contribution >= 0.6 is 0 Å². The molecule has 1 unspecified atom stereocenters. The summed E-state index contributed by atoms with van der Waals surface area (Å²) in [5.41, 5.74) is -0.254. The van der Waals surface area contributed by atoms with Crippen LogP contribution in [0, 0.1) is 0 Å². The first-order chi connectivity index (χ1) is 9.20. The number of nitrogens with zero attached hydrogens (tertiary/aromatic N) is 1. The Morgan fingerprint density at radius 1 is 1.37 bits per heavy atom. The standard InChI is InChI=1S/C13H14N2O4/c16-9-10(11-4-3-7-19-11)14-12(17)8-15-6-2-1-5-13(15)18/h1-7,10,16H,8-9H2,(H,14,17). The molecule has 1 amide bonds. The molecule has 0 fully saturated rings. The Morgan fingerprint density at radius 2 is 2.21 bits per heavy atom. The third-order valence-corrected chi connectivity index (χ3v) is 2.62. The zero-order valence-electron chi connectivity index (χ0n) is 10.2. The van der Waals surface area contributed by atoms with Crippen molar-refractivity contribution in [3.8, 4) is 0 Å². The SMILES string of the molecule is O=C(Cn1ccccc1=O)NC(CO)c1ccco1. The normalized spacial score (nSPS) is 12.1. The van der Waals surface area contributed by atoms with Gasteiger partial charge in [-0.05, 0) is 18.2 Å². The minimum Gasteiger partial charge on any atom is -0.467 e. The molecule has 0 spiro atoms. The maximum atomic E-state index is 11.8. The number of hydrogen-bond acceptors (Lipinski definition) is 4. The van der Waals surface area contributed by atoms with Crippen molar-refractivity contribution in [1.29, 1.82) is 0 Å². The van der Waals surface area contributed by atoms with Crippen LogP contribution in [0.3, 0.4) is 0 Å². The molecule has 2 rings (SSSR count). The van der Waals surface area contributed by atoms with Crippen molar-refractivity contribution in [2.24, 2.45) is 0 Å². The molecule has 0 aliphatic heterocycles. The van der Waals surface area contributed by atoms with Crippen molar-refractivity contribution in [1.82, 2.24) is 9.88 Å². The molecule has 0 radical (unpaired) electrons. The summed E-state index contributed by atoms with van der Waals surface area (Å²) in [6, 6.07) is 7.38. The Labute approximate surface area is 109 Å². The molecule has 2 aromatic heterocycles. The molecule has 2 aromatic rings. The van der Waals surface area contributed by atoms with Gasteiger partial charge in [0.05, 0.1) is 12.9 Å². The molecule has 100 valence electrons. The van der Waals surface area contributed by atoms with E-state index in [4.69, 9.17) is 4.42 Å². The van der Waals surface area contributed by atoms with Crippen molar-refractivity contribution in [3.05, 3.63) is 58.9 Å². The fourth-order valence-electron chi connectivity index (χ4n) is 1.68. The highest BCUT2D eigenvalue weighted by Crippen LogP contribution is 2.12. The van der Waals surface area contributed by atoms with E-state index in [9.17, 15) is 14.7 Å². The lowest BCUT2D eigenvalue weighted by atomic mass is 10.2. The van der Waals surface area contributed by atoms with Gasteiger partial charge in [0, 0.05) is 12.3 Å². The first-order valence-corrected chi connectivity index (χ1v) is 5.80. The van der Waals surface area contributed by atoms with Crippen LogP contribution in [0.1, 0.15) is 11.8 Å². The number of pyridine rings is 1. The van der Waals surface area contributed by atoms with Crippen molar-refractivity contribution in [2.75, 3.05) is 6.61 Å². The van der Waals surface area contributed by atoms with Gasteiger partial charge in [0.25, 0.3) is 5.56 Å². The molecule has 0 saturated heterocycles. The smallest absolute Gasteiger partial charge is 0.250 e. The van der Waals surface area contributed by atoms with E-state index in [-0.39, 0.29) is 24.6 Å². The summed E-state index contributed by atoms with van der Waals surface area (Å²) in [4.78, 5) is 23.3. The Balaban J connectivity index is 2.01. The van der Waals surface area contributed by atoms with E-state index in [1.54, 1.807) is 24.3 Å². The van der Waals surface area contributed by atoms with Gasteiger partial charge < -0.3 is 19.4 Å². The van der Waals surface area contributed by atoms with Crippen LogP contribution in [0.4, 0.5) is 0 Å². The third kappa shape index (κ3) is 3.32. The lowest BCUT2D eigenvalue weighted by molar-refractivity contribution is -0.122. The molecule has 0 aliphatic carbocycles. The topological polar surface area (TPSA) is 84.5 Å². The van der Waals surface area contributed by atoms with E-state index < -0.39 is 6.04 Å². The van der Waals surface area contributed by atoms with Crippen LogP contribution in [0.2, 0.25) is 0 Å². The monoisotopic (exact) mass is 262 g/mol. The minimum absolute atomic E-state index is 0.100. The number of hydrogen-bond donors (Lipinski definition) is 2. The Hall–Kier alpha value is -2.34. The number of aliphatic hydroxyl groups is 1. The summed E-state index contributed by atoms with van der Waals surface area (Å²) in [5.74, 6) is 0.0972. The predicted octanol–water partition coefficient (Wildman–Crippen LogP) is 0.291. The summed E-state index contributed by atoms with van der Waals surface area (Å²) in [5, 5.41) is 11.8. The highest BCUT2D eigenvalue weighted by atomic mass is 16.3. The summed E-state index contributed by atoms with van der Waals surface area (Å²) in [6.45, 7) is -0.375. The van der Waals surface area contributed by atoms with Gasteiger partial charge in [0.2, 0.25) is 5.91 Å². The van der Waals surface area contributed by atoms with Crippen LogP contribution in [0.15, 0.2) is 52.0 Å². The largest absolute Gasteiger partial charge is 0.467 e. The predicted molar refractivity (Wildman–Crippen MR) is 67.4 cm³/mol. The molecule has 2 N–H and O–H groups in total. The van der Waals surface area contributed by atoms with E-state index in [0.717, 1.165) is 0 Å². The maximum absolute atomic E-state index is 11.8. The van der Waals surface area contributed by atoms with Gasteiger partial charge in [0.15, 0.2) is 0 Å². The minimum atomic E-state index is -0.609. The van der Waals surface area contributed by atoms with Gasteiger partial charge in [-0.3, -0.25) is 9.59 Å². The number of furan rings is 1. The number of aromatic nitrogens is 1. The van der Waals surface area contributed by atoms with E-state index in [1.807, 2.05) is 0 Å². The second-order valence-electron chi connectivity index (χ2n) is 3.98. The Bertz CT molecular complexity index is 589. The van der Waals surface area contributed by atoms with Crippen molar-refractivity contribution >= 4 is 5.91 Å². The van der Waals surface area contributed by atoms with Crippen molar-refractivity contribution < 1.29 is 14.3 Å². The van der Waals surface area contributed by atoms with Crippen molar-refractivity contribution in [3.63, 3.8) is 0 Å². The van der Waals surface area contributed by atoms with E-state index in [0.29, 0.717) is 5.76 Å². The quantitative estimate of drug-likeness (QED) is 0.811. The second kappa shape index (κ2) is 6.01. The lowest BCUT2D eigenvalue weighted by Crippen LogP contribution is -2.35. The molecule has 0 aliphatic rings. The van der Waals surface area contributed by atoms with E-state index in [1.165, 1.54) is 23.1 Å². The molecule has 6 nitrogen and oxygen atoms in total. The molecule has 1 atom stereocenters. The van der Waals surface area contributed by atoms with E-state index in [2.05, 4.69) is 5.32 Å². The van der Waals surface area contributed by atoms with Gasteiger partial charge in [0.1, 0.15) is 18.3 Å². The van der Waals surface area contributed by atoms with E-state index >= 15 is 0 Å². The highest BCUT2D eigenvalue weighted by Gasteiger charge is 2.16. The average molecular weight is 262 g/mol. The number of carbonyl (C=O) groups excluding carboxylic acids is 1. The van der Waals surface area contributed by atoms with Crippen molar-refractivity contribution in [2.45, 2.75) is 12.6 Å². The Morgan fingerprint density at radius 3 is 2.84 bits per heavy atom. The van der Waals surface area contributed by atoms with Crippen LogP contribution in [-0.2, 0) is 11.3 Å². The maximum Gasteiger partial charge on any atom is 0.250 e. The zero-order chi connectivity index (χ0) is 13.7. The molecular formula is C13H14N2O4. The van der Waals surface area contributed by atoms with Gasteiger partial charge in [-0.25, -0.2) is 0 Å². The molecule has 6 heteroatoms. The zero-order valence-corrected chi connectivity index (χ0v) is 10.2. The molecule has 0 aromatic carbocycles. The number of amides is 1. The number of nitrogens with one attached hydrogen (secondary N) is 1. The average Bonchev–Trinajstić information content (AvgIpc) is 2.92. The number of carbonyl (C=O) groups is 1. The van der Waals surface area contributed by atoms with Crippen LogP contribution in [0.25, 0.3) is 0 Å². The fraction of sp³-hybridized carbons (Fsp3) is 0.231. The summed E-state index contributed by atoms with van der Waals surface area (Å²) in [6.07, 6.45) is 2.99. The first kappa shape index (κ1) is 13.1. The summed E-state index contributed by atoms with van der Waals surface area (Å²) >= 11 is 0. The fourth-order valence-corrected chi connectivity index (χ4v) is 1.68. The summed E-state index contributed by atoms with van der Waals surface area (Å²) < 4.78 is 6.40. The van der Waals surface area contributed by atoms with Gasteiger partial charge >= 0.3 is 0 Å². The molecule has 0 saturated carbocycles. The van der Waals surface area contributed by atoms with Gasteiger partial charge in [-0.15, -0.1) is 0 Å². The number of aliphatic hydroxyl groups excluding tert-OH is 1. The van der Waals surface area contributed by atoms with Crippen LogP contribution < -0.4 is 10.9 Å². The third-order valence-electron chi connectivity index (χ3n) is 2.62. The number of rotatable bonds is 5. The second-order valence-corrected chi connectivity index (χ2v) is 3.98. The molecule has 0 bridgehead atoms. The molecule has 19 heavy (non-hydrogen) atoms. The Kier molecular flexibility index (Phi) is 4.15. The van der Waals surface area contributed by atoms with Gasteiger partial charge in [-0.1, -0.05) is 6.07 Å². The van der Waals surface area contributed by atoms with Gasteiger partial charge in [-0.2, -0.15) is 0 Å². The van der Waals surface area contributed by atoms with Crippen LogP contribution in [0.5, 0.6) is 0 Å². The summed E-state index contributed by atoms with van der Waals surface area (Å²) in [7, 11) is 0.